The van der Waals surface area contributed by atoms with E-state index in [4.69, 9.17) is 4.74 Å². The Morgan fingerprint density at radius 2 is 1.69 bits per heavy atom. The molecular weight excluding hydrogens is 226 g/mol. The van der Waals surface area contributed by atoms with E-state index in [9.17, 15) is 8.42 Å². The second-order valence-corrected chi connectivity index (χ2v) is 5.91. The zero-order chi connectivity index (χ0) is 12.3. The molecule has 0 heterocycles. The van der Waals surface area contributed by atoms with E-state index in [0.29, 0.717) is 4.90 Å². The van der Waals surface area contributed by atoms with Crippen molar-refractivity contribution in [2.75, 3.05) is 27.5 Å². The lowest BCUT2D eigenvalue weighted by molar-refractivity contribution is -0.00543. The van der Waals surface area contributed by atoms with Crippen LogP contribution in [0.5, 0.6) is 0 Å². The van der Waals surface area contributed by atoms with Gasteiger partial charge in [-0.25, -0.2) is 8.42 Å². The quantitative estimate of drug-likeness (QED) is 0.748. The Hall–Kier alpha value is -0.910. The van der Waals surface area contributed by atoms with Crippen molar-refractivity contribution in [3.05, 3.63) is 29.8 Å². The molecule has 90 valence electrons. The van der Waals surface area contributed by atoms with E-state index in [1.165, 1.54) is 6.26 Å². The molecule has 0 N–H and O–H groups in total. The van der Waals surface area contributed by atoms with Gasteiger partial charge in [0, 0.05) is 13.4 Å². The first-order chi connectivity index (χ1) is 7.36. The Morgan fingerprint density at radius 3 is 2.00 bits per heavy atom. The first kappa shape index (κ1) is 13.2. The normalized spacial score (nSPS) is 14.1. The maximum absolute atomic E-state index is 11.3. The van der Waals surface area contributed by atoms with Crippen molar-refractivity contribution < 1.29 is 13.2 Å². The fraction of sp³-hybridized carbons (Fsp3) is 0.455. The lowest BCUT2D eigenvalue weighted by atomic mass is 10.2. The van der Waals surface area contributed by atoms with Gasteiger partial charge in [0.2, 0.25) is 0 Å². The van der Waals surface area contributed by atoms with Crippen molar-refractivity contribution in [2.24, 2.45) is 0 Å². The van der Waals surface area contributed by atoms with Gasteiger partial charge in [-0.05, 0) is 31.8 Å². The van der Waals surface area contributed by atoms with Gasteiger partial charge < -0.3 is 4.74 Å². The molecule has 1 aromatic carbocycles. The maximum Gasteiger partial charge on any atom is 0.175 e. The van der Waals surface area contributed by atoms with Crippen molar-refractivity contribution in [3.63, 3.8) is 0 Å². The summed E-state index contributed by atoms with van der Waals surface area (Å²) in [5.41, 5.74) is 0.930. The highest BCUT2D eigenvalue weighted by Crippen LogP contribution is 2.20. The first-order valence-electron chi connectivity index (χ1n) is 4.85. The summed E-state index contributed by atoms with van der Waals surface area (Å²) in [4.78, 5) is 2.24. The van der Waals surface area contributed by atoms with Crippen LogP contribution >= 0.6 is 0 Å². The molecule has 0 spiro atoms. The van der Waals surface area contributed by atoms with Crippen LogP contribution in [-0.2, 0) is 14.6 Å². The minimum absolute atomic E-state index is 0.159. The van der Waals surface area contributed by atoms with Gasteiger partial charge in [-0.1, -0.05) is 12.1 Å². The summed E-state index contributed by atoms with van der Waals surface area (Å²) in [5.74, 6) is 0. The first-order valence-corrected chi connectivity index (χ1v) is 6.74. The molecule has 1 atom stereocenters. The molecule has 1 unspecified atom stereocenters. The van der Waals surface area contributed by atoms with E-state index in [0.717, 1.165) is 5.56 Å². The average Bonchev–Trinajstić information content (AvgIpc) is 2.17. The van der Waals surface area contributed by atoms with Crippen molar-refractivity contribution in [2.45, 2.75) is 11.1 Å². The van der Waals surface area contributed by atoms with E-state index >= 15 is 0 Å². The molecule has 4 nitrogen and oxygen atoms in total. The summed E-state index contributed by atoms with van der Waals surface area (Å²) in [6, 6.07) is 6.73. The van der Waals surface area contributed by atoms with Gasteiger partial charge >= 0.3 is 0 Å². The second kappa shape index (κ2) is 4.95. The third-order valence-corrected chi connectivity index (χ3v) is 3.41. The number of ether oxygens (including phenoxy) is 1. The summed E-state index contributed by atoms with van der Waals surface area (Å²) < 4.78 is 27.9. The molecule has 0 saturated heterocycles. The standard InChI is InChI=1S/C11H17NO3S/c1-12(2)11(15-3)9-5-7-10(8-6-9)16(4,13)14/h5-8,11H,1-4H3. The number of hydrogen-bond donors (Lipinski definition) is 0. The van der Waals surface area contributed by atoms with Gasteiger partial charge in [-0.2, -0.15) is 0 Å². The molecule has 0 fully saturated rings. The molecule has 1 rings (SSSR count). The highest BCUT2D eigenvalue weighted by atomic mass is 32.2. The van der Waals surface area contributed by atoms with E-state index in [1.54, 1.807) is 31.4 Å². The summed E-state index contributed by atoms with van der Waals surface area (Å²) in [5, 5.41) is 0. The maximum atomic E-state index is 11.3. The Morgan fingerprint density at radius 1 is 1.19 bits per heavy atom. The van der Waals surface area contributed by atoms with Crippen LogP contribution in [0.15, 0.2) is 29.2 Å². The molecule has 0 aliphatic heterocycles. The van der Waals surface area contributed by atoms with E-state index in [-0.39, 0.29) is 6.23 Å². The van der Waals surface area contributed by atoms with Gasteiger partial charge in [0.05, 0.1) is 4.90 Å². The van der Waals surface area contributed by atoms with E-state index in [1.807, 2.05) is 19.0 Å². The number of hydrogen-bond acceptors (Lipinski definition) is 4. The van der Waals surface area contributed by atoms with Crippen LogP contribution in [0.2, 0.25) is 0 Å². The predicted octanol–water partition coefficient (Wildman–Crippen LogP) is 1.30. The van der Waals surface area contributed by atoms with Gasteiger partial charge in [0.15, 0.2) is 9.84 Å². The number of nitrogens with zero attached hydrogens (tertiary/aromatic N) is 1. The van der Waals surface area contributed by atoms with Crippen molar-refractivity contribution in [1.82, 2.24) is 4.90 Å². The predicted molar refractivity (Wildman–Crippen MR) is 63.0 cm³/mol. The summed E-state index contributed by atoms with van der Waals surface area (Å²) in [6.45, 7) is 0. The topological polar surface area (TPSA) is 46.6 Å². The fourth-order valence-corrected chi connectivity index (χ4v) is 2.16. The minimum Gasteiger partial charge on any atom is -0.362 e. The number of methoxy groups -OCH3 is 1. The molecule has 0 radical (unpaired) electrons. The molecular formula is C11H17NO3S. The second-order valence-electron chi connectivity index (χ2n) is 3.89. The lowest BCUT2D eigenvalue weighted by Crippen LogP contribution is -2.21. The van der Waals surface area contributed by atoms with Crippen LogP contribution in [0.3, 0.4) is 0 Å². The van der Waals surface area contributed by atoms with Crippen molar-refractivity contribution in [1.29, 1.82) is 0 Å². The van der Waals surface area contributed by atoms with E-state index in [2.05, 4.69) is 0 Å². The fourth-order valence-electron chi connectivity index (χ4n) is 1.52. The largest absolute Gasteiger partial charge is 0.362 e. The Labute approximate surface area is 96.8 Å². The van der Waals surface area contributed by atoms with Crippen LogP contribution < -0.4 is 0 Å². The van der Waals surface area contributed by atoms with Crippen molar-refractivity contribution >= 4 is 9.84 Å². The SMILES string of the molecule is COC(c1ccc(S(C)(=O)=O)cc1)N(C)C. The lowest BCUT2D eigenvalue weighted by Gasteiger charge is -2.23. The van der Waals surface area contributed by atoms with E-state index < -0.39 is 9.84 Å². The molecule has 16 heavy (non-hydrogen) atoms. The smallest absolute Gasteiger partial charge is 0.175 e. The molecule has 1 aromatic rings. The highest BCUT2D eigenvalue weighted by molar-refractivity contribution is 7.90. The Kier molecular flexibility index (Phi) is 4.07. The highest BCUT2D eigenvalue weighted by Gasteiger charge is 2.14. The molecule has 0 aromatic heterocycles. The summed E-state index contributed by atoms with van der Waals surface area (Å²) in [6.07, 6.45) is 1.04. The van der Waals surface area contributed by atoms with Gasteiger partial charge in [-0.3, -0.25) is 4.90 Å². The molecule has 0 amide bonds. The van der Waals surface area contributed by atoms with Crippen LogP contribution in [0.1, 0.15) is 11.8 Å². The van der Waals surface area contributed by atoms with Gasteiger partial charge in [0.1, 0.15) is 6.23 Å². The number of benzene rings is 1. The van der Waals surface area contributed by atoms with Crippen LogP contribution in [0, 0.1) is 0 Å². The van der Waals surface area contributed by atoms with Crippen LogP contribution in [-0.4, -0.2) is 40.8 Å². The third-order valence-electron chi connectivity index (χ3n) is 2.29. The minimum atomic E-state index is -3.13. The summed E-state index contributed by atoms with van der Waals surface area (Å²) in [7, 11) is 2.30. The molecule has 0 aliphatic carbocycles. The monoisotopic (exact) mass is 243 g/mol. The molecule has 0 saturated carbocycles. The zero-order valence-corrected chi connectivity index (χ0v) is 10.8. The average molecular weight is 243 g/mol. The van der Waals surface area contributed by atoms with Crippen molar-refractivity contribution in [3.8, 4) is 0 Å². The molecule has 5 heteroatoms. The summed E-state index contributed by atoms with van der Waals surface area (Å²) >= 11 is 0. The Balaban J connectivity index is 3.03. The number of sulfone groups is 1. The zero-order valence-electron chi connectivity index (χ0n) is 9.97. The molecule has 0 aliphatic rings. The van der Waals surface area contributed by atoms with Crippen LogP contribution in [0.25, 0.3) is 0 Å². The van der Waals surface area contributed by atoms with Gasteiger partial charge in [-0.15, -0.1) is 0 Å². The molecule has 0 bridgehead atoms. The number of rotatable bonds is 4. The third kappa shape index (κ3) is 3.04. The Bertz CT molecular complexity index is 437. The van der Waals surface area contributed by atoms with Crippen LogP contribution in [0.4, 0.5) is 0 Å². The van der Waals surface area contributed by atoms with Gasteiger partial charge in [0.25, 0.3) is 0 Å².